The SMILES string of the molecule is O=C(O)/C=C/C(=O)O.O=C1c2cccc3c2[C@H](CCC3)CN1[C@@H]1CN2CCC1CC2. The van der Waals surface area contributed by atoms with Gasteiger partial charge < -0.3 is 20.0 Å². The lowest BCUT2D eigenvalue weighted by Gasteiger charge is -2.51. The predicted octanol–water partition coefficient (Wildman–Crippen LogP) is 2.37. The first-order valence-electron chi connectivity index (χ1n) is 10.7. The Morgan fingerprint density at radius 2 is 1.70 bits per heavy atom. The molecule has 3 saturated heterocycles. The van der Waals surface area contributed by atoms with Crippen molar-refractivity contribution >= 4 is 17.8 Å². The molecule has 30 heavy (non-hydrogen) atoms. The van der Waals surface area contributed by atoms with E-state index in [1.165, 1.54) is 49.9 Å². The Morgan fingerprint density at radius 3 is 2.30 bits per heavy atom. The van der Waals surface area contributed by atoms with Crippen LogP contribution in [0.4, 0.5) is 0 Å². The summed E-state index contributed by atoms with van der Waals surface area (Å²) in [5.74, 6) is -0.871. The quantitative estimate of drug-likeness (QED) is 0.740. The van der Waals surface area contributed by atoms with E-state index in [9.17, 15) is 14.4 Å². The molecule has 4 heterocycles. The number of piperidine rings is 3. The third-order valence-corrected chi connectivity index (χ3v) is 6.90. The van der Waals surface area contributed by atoms with Crippen molar-refractivity contribution in [2.45, 2.75) is 44.1 Å². The van der Waals surface area contributed by atoms with Crippen molar-refractivity contribution < 1.29 is 24.6 Å². The monoisotopic (exact) mass is 412 g/mol. The van der Waals surface area contributed by atoms with Crippen molar-refractivity contribution in [2.24, 2.45) is 5.92 Å². The third-order valence-electron chi connectivity index (χ3n) is 6.90. The van der Waals surface area contributed by atoms with Crippen LogP contribution < -0.4 is 0 Å². The van der Waals surface area contributed by atoms with Crippen molar-refractivity contribution in [3.63, 3.8) is 0 Å². The number of aryl methyl sites for hydroxylation is 1. The zero-order valence-corrected chi connectivity index (χ0v) is 17.0. The fourth-order valence-corrected chi connectivity index (χ4v) is 5.56. The van der Waals surface area contributed by atoms with E-state index in [1.807, 2.05) is 0 Å². The summed E-state index contributed by atoms with van der Waals surface area (Å²) in [4.78, 5) is 37.1. The summed E-state index contributed by atoms with van der Waals surface area (Å²) in [5, 5.41) is 15.6. The molecule has 2 atom stereocenters. The summed E-state index contributed by atoms with van der Waals surface area (Å²) in [6.45, 7) is 4.57. The van der Waals surface area contributed by atoms with Gasteiger partial charge in [0.2, 0.25) is 0 Å². The van der Waals surface area contributed by atoms with Gasteiger partial charge >= 0.3 is 11.9 Å². The van der Waals surface area contributed by atoms with Crippen LogP contribution in [0.25, 0.3) is 0 Å². The molecule has 0 unspecified atom stereocenters. The molecule has 0 radical (unpaired) electrons. The number of hydrogen-bond donors (Lipinski definition) is 2. The molecule has 4 aliphatic heterocycles. The molecule has 1 aromatic rings. The maximum atomic E-state index is 13.1. The largest absolute Gasteiger partial charge is 0.478 e. The van der Waals surface area contributed by atoms with E-state index < -0.39 is 11.9 Å². The second-order valence-electron chi connectivity index (χ2n) is 8.64. The van der Waals surface area contributed by atoms with Gasteiger partial charge in [0.25, 0.3) is 5.91 Å². The maximum Gasteiger partial charge on any atom is 0.328 e. The first kappa shape index (κ1) is 20.6. The standard InChI is InChI=1S/C19H24N2O.C4H4O4/c22-19-16-6-2-4-14-3-1-5-15(18(14)16)11-21(19)17-12-20-9-7-13(17)8-10-20;5-3(6)1-2-4(7)8/h2,4,6,13,15,17H,1,3,5,7-12H2;1-2H,(H,5,6)(H,7,8)/b;2-1+/t15-,17-;/m1./s1. The maximum absolute atomic E-state index is 13.1. The third kappa shape index (κ3) is 4.12. The van der Waals surface area contributed by atoms with Crippen LogP contribution in [0.15, 0.2) is 30.4 Å². The topological polar surface area (TPSA) is 98.1 Å². The number of amides is 1. The molecule has 1 aromatic carbocycles. The van der Waals surface area contributed by atoms with E-state index in [4.69, 9.17) is 10.2 Å². The highest BCUT2D eigenvalue weighted by molar-refractivity contribution is 5.98. The summed E-state index contributed by atoms with van der Waals surface area (Å²) in [5.41, 5.74) is 3.86. The van der Waals surface area contributed by atoms with Crippen LogP contribution in [-0.4, -0.2) is 70.1 Å². The number of carbonyl (C=O) groups excluding carboxylic acids is 1. The smallest absolute Gasteiger partial charge is 0.328 e. The van der Waals surface area contributed by atoms with Gasteiger partial charge in [0, 0.05) is 42.8 Å². The van der Waals surface area contributed by atoms with Crippen molar-refractivity contribution in [2.75, 3.05) is 26.2 Å². The van der Waals surface area contributed by atoms with Crippen molar-refractivity contribution in [1.29, 1.82) is 0 Å². The number of benzene rings is 1. The average Bonchev–Trinajstić information content (AvgIpc) is 2.76. The lowest BCUT2D eigenvalue weighted by atomic mass is 9.75. The Hall–Kier alpha value is -2.67. The van der Waals surface area contributed by atoms with Gasteiger partial charge in [-0.25, -0.2) is 9.59 Å². The minimum absolute atomic E-state index is 0.314. The Kier molecular flexibility index (Phi) is 5.90. The molecule has 1 amide bonds. The van der Waals surface area contributed by atoms with E-state index in [0.29, 0.717) is 30.0 Å². The number of carboxylic acid groups (broad SMARTS) is 2. The summed E-state index contributed by atoms with van der Waals surface area (Å²) >= 11 is 0. The van der Waals surface area contributed by atoms with Crippen LogP contribution in [0.1, 0.15) is 53.1 Å². The van der Waals surface area contributed by atoms with Crippen molar-refractivity contribution in [3.05, 3.63) is 47.0 Å². The summed E-state index contributed by atoms with van der Waals surface area (Å²) in [7, 11) is 0. The molecule has 160 valence electrons. The Bertz CT molecular complexity index is 856. The highest BCUT2D eigenvalue weighted by Crippen LogP contribution is 2.41. The van der Waals surface area contributed by atoms with Gasteiger partial charge in [-0.3, -0.25) is 4.79 Å². The van der Waals surface area contributed by atoms with E-state index in [-0.39, 0.29) is 0 Å². The summed E-state index contributed by atoms with van der Waals surface area (Å²) < 4.78 is 0. The number of carboxylic acids is 2. The highest BCUT2D eigenvalue weighted by atomic mass is 16.4. The van der Waals surface area contributed by atoms with Crippen molar-refractivity contribution in [3.8, 4) is 0 Å². The number of nitrogens with zero attached hydrogens (tertiary/aromatic N) is 2. The molecule has 7 nitrogen and oxygen atoms in total. The van der Waals surface area contributed by atoms with Crippen LogP contribution in [0.3, 0.4) is 0 Å². The van der Waals surface area contributed by atoms with Gasteiger partial charge in [-0.1, -0.05) is 12.1 Å². The van der Waals surface area contributed by atoms with E-state index in [2.05, 4.69) is 28.0 Å². The molecule has 2 bridgehead atoms. The molecular formula is C23H28N2O5. The Labute approximate surface area is 176 Å². The van der Waals surface area contributed by atoms with Crippen LogP contribution in [-0.2, 0) is 16.0 Å². The molecule has 0 spiro atoms. The van der Waals surface area contributed by atoms with Crippen LogP contribution in [0, 0.1) is 5.92 Å². The second kappa shape index (κ2) is 8.60. The van der Waals surface area contributed by atoms with Gasteiger partial charge in [0.1, 0.15) is 0 Å². The average molecular weight is 412 g/mol. The zero-order valence-electron chi connectivity index (χ0n) is 17.0. The minimum atomic E-state index is -1.26. The van der Waals surface area contributed by atoms with Crippen LogP contribution >= 0.6 is 0 Å². The van der Waals surface area contributed by atoms with Gasteiger partial charge in [-0.2, -0.15) is 0 Å². The number of hydrogen-bond acceptors (Lipinski definition) is 4. The summed E-state index contributed by atoms with van der Waals surface area (Å²) in [6, 6.07) is 6.87. The number of fused-ring (bicyclic) bond motifs is 3. The molecule has 3 fully saturated rings. The molecule has 2 N–H and O–H groups in total. The van der Waals surface area contributed by atoms with Crippen molar-refractivity contribution in [1.82, 2.24) is 9.80 Å². The van der Waals surface area contributed by atoms with E-state index in [1.54, 1.807) is 0 Å². The van der Waals surface area contributed by atoms with Crippen LogP contribution in [0.5, 0.6) is 0 Å². The van der Waals surface area contributed by atoms with Gasteiger partial charge in [0.05, 0.1) is 0 Å². The molecule has 0 aromatic heterocycles. The normalized spacial score (nSPS) is 29.2. The fourth-order valence-electron chi connectivity index (χ4n) is 5.56. The molecule has 6 rings (SSSR count). The Balaban J connectivity index is 0.000000235. The van der Waals surface area contributed by atoms with Gasteiger partial charge in [-0.05, 0) is 68.3 Å². The van der Waals surface area contributed by atoms with Gasteiger partial charge in [0.15, 0.2) is 0 Å². The zero-order chi connectivity index (χ0) is 21.3. The van der Waals surface area contributed by atoms with Crippen LogP contribution in [0.2, 0.25) is 0 Å². The number of carbonyl (C=O) groups is 3. The molecular weight excluding hydrogens is 384 g/mol. The van der Waals surface area contributed by atoms with E-state index in [0.717, 1.165) is 31.0 Å². The molecule has 7 heteroatoms. The van der Waals surface area contributed by atoms with Gasteiger partial charge in [-0.15, -0.1) is 0 Å². The van der Waals surface area contributed by atoms with E-state index >= 15 is 0 Å². The summed E-state index contributed by atoms with van der Waals surface area (Å²) in [6.07, 6.45) is 7.38. The Morgan fingerprint density at radius 1 is 1.00 bits per heavy atom. The lowest BCUT2D eigenvalue weighted by Crippen LogP contribution is -2.60. The predicted molar refractivity (Wildman–Crippen MR) is 111 cm³/mol. The first-order valence-corrected chi connectivity index (χ1v) is 10.7. The minimum Gasteiger partial charge on any atom is -0.478 e. The molecule has 0 saturated carbocycles. The lowest BCUT2D eigenvalue weighted by molar-refractivity contribution is -0.134. The fraction of sp³-hybridized carbons (Fsp3) is 0.522. The number of aliphatic carboxylic acids is 2. The number of rotatable bonds is 3. The first-order chi connectivity index (χ1) is 14.4. The molecule has 1 aliphatic carbocycles. The second-order valence-corrected chi connectivity index (χ2v) is 8.64. The highest BCUT2D eigenvalue weighted by Gasteiger charge is 2.43. The molecule has 5 aliphatic rings.